The number of aliphatic imine (C=N–C) groups is 2. The standard InChI is InChI=1S/C13H19N3O3/c1-13(5-3-6-15-13)12(16(17)18)11(14-2)8-10-4-7-19-9-10/h3,5-6,10,12H,4,7-9H2,1-2H3. The van der Waals surface area contributed by atoms with Crippen LogP contribution in [0, 0.1) is 16.0 Å². The van der Waals surface area contributed by atoms with Crippen LogP contribution in [0.3, 0.4) is 0 Å². The van der Waals surface area contributed by atoms with Gasteiger partial charge in [-0.3, -0.25) is 20.1 Å². The van der Waals surface area contributed by atoms with E-state index < -0.39 is 11.6 Å². The van der Waals surface area contributed by atoms with Gasteiger partial charge in [-0.25, -0.2) is 0 Å². The van der Waals surface area contributed by atoms with E-state index >= 15 is 0 Å². The molecule has 0 aromatic heterocycles. The summed E-state index contributed by atoms with van der Waals surface area (Å²) in [5.74, 6) is 0.333. The van der Waals surface area contributed by atoms with E-state index in [9.17, 15) is 10.1 Å². The Hall–Kier alpha value is -1.56. The average Bonchev–Trinajstić information content (AvgIpc) is 3.00. The Morgan fingerprint density at radius 2 is 2.53 bits per heavy atom. The van der Waals surface area contributed by atoms with Crippen LogP contribution in [-0.2, 0) is 4.74 Å². The minimum Gasteiger partial charge on any atom is -0.381 e. The Labute approximate surface area is 112 Å². The van der Waals surface area contributed by atoms with E-state index in [1.807, 2.05) is 0 Å². The molecule has 0 aromatic rings. The van der Waals surface area contributed by atoms with E-state index in [0.29, 0.717) is 24.7 Å². The highest BCUT2D eigenvalue weighted by Gasteiger charge is 2.46. The molecule has 0 aliphatic carbocycles. The van der Waals surface area contributed by atoms with E-state index in [2.05, 4.69) is 9.98 Å². The molecule has 6 heteroatoms. The van der Waals surface area contributed by atoms with Crippen molar-refractivity contribution in [1.82, 2.24) is 0 Å². The molecule has 1 saturated heterocycles. The minimum atomic E-state index is -0.895. The molecule has 1 fully saturated rings. The molecule has 0 amide bonds. The van der Waals surface area contributed by atoms with E-state index in [4.69, 9.17) is 4.74 Å². The van der Waals surface area contributed by atoms with Crippen molar-refractivity contribution in [2.24, 2.45) is 15.9 Å². The molecule has 0 radical (unpaired) electrons. The summed E-state index contributed by atoms with van der Waals surface area (Å²) in [4.78, 5) is 19.6. The summed E-state index contributed by atoms with van der Waals surface area (Å²) < 4.78 is 5.32. The second-order valence-corrected chi connectivity index (χ2v) is 5.20. The minimum absolute atomic E-state index is 0.273. The summed E-state index contributed by atoms with van der Waals surface area (Å²) in [5.41, 5.74) is -0.218. The molecule has 0 bridgehead atoms. The van der Waals surface area contributed by atoms with Crippen molar-refractivity contribution in [2.45, 2.75) is 31.3 Å². The molecule has 0 saturated carbocycles. The summed E-state index contributed by atoms with van der Waals surface area (Å²) in [6.45, 7) is 3.18. The van der Waals surface area contributed by atoms with Crippen LogP contribution in [0.4, 0.5) is 0 Å². The highest BCUT2D eigenvalue weighted by Crippen LogP contribution is 2.28. The Morgan fingerprint density at radius 1 is 1.74 bits per heavy atom. The van der Waals surface area contributed by atoms with Crippen LogP contribution in [-0.4, -0.2) is 48.7 Å². The number of ether oxygens (including phenoxy) is 1. The van der Waals surface area contributed by atoms with E-state index in [1.165, 1.54) is 0 Å². The number of hydrogen-bond donors (Lipinski definition) is 0. The Kier molecular flexibility index (Phi) is 4.09. The van der Waals surface area contributed by atoms with Gasteiger partial charge < -0.3 is 4.74 Å². The van der Waals surface area contributed by atoms with Crippen LogP contribution in [0.5, 0.6) is 0 Å². The maximum absolute atomic E-state index is 11.5. The second kappa shape index (κ2) is 5.61. The third-order valence-corrected chi connectivity index (χ3v) is 3.76. The third kappa shape index (κ3) is 2.89. The zero-order valence-corrected chi connectivity index (χ0v) is 11.3. The number of allylic oxidation sites excluding steroid dienone is 1. The first-order valence-electron chi connectivity index (χ1n) is 6.46. The largest absolute Gasteiger partial charge is 0.381 e. The molecular formula is C13H19N3O3. The van der Waals surface area contributed by atoms with Gasteiger partial charge in [-0.15, -0.1) is 0 Å². The molecule has 0 spiro atoms. The van der Waals surface area contributed by atoms with Crippen LogP contribution in [0.15, 0.2) is 22.1 Å². The molecule has 2 heterocycles. The van der Waals surface area contributed by atoms with Gasteiger partial charge >= 0.3 is 0 Å². The molecule has 6 nitrogen and oxygen atoms in total. The van der Waals surface area contributed by atoms with E-state index in [1.54, 1.807) is 32.3 Å². The van der Waals surface area contributed by atoms with Crippen molar-refractivity contribution in [1.29, 1.82) is 0 Å². The zero-order valence-electron chi connectivity index (χ0n) is 11.3. The quantitative estimate of drug-likeness (QED) is 0.429. The van der Waals surface area contributed by atoms with Gasteiger partial charge in [-0.05, 0) is 37.8 Å². The van der Waals surface area contributed by atoms with E-state index in [-0.39, 0.29) is 4.92 Å². The number of nitro groups is 1. The Balaban J connectivity index is 2.19. The summed E-state index contributed by atoms with van der Waals surface area (Å²) in [6.07, 6.45) is 6.70. The van der Waals surface area contributed by atoms with Gasteiger partial charge in [0, 0.05) is 31.4 Å². The molecule has 0 aromatic carbocycles. The first-order chi connectivity index (χ1) is 9.07. The highest BCUT2D eigenvalue weighted by atomic mass is 16.6. The normalized spacial score (nSPS) is 31.9. The predicted octanol–water partition coefficient (Wildman–Crippen LogP) is 1.53. The summed E-state index contributed by atoms with van der Waals surface area (Å²) in [5, 5.41) is 11.5. The molecule has 2 aliphatic heterocycles. The zero-order chi connectivity index (χ0) is 13.9. The van der Waals surface area contributed by atoms with Crippen LogP contribution in [0.2, 0.25) is 0 Å². The van der Waals surface area contributed by atoms with Crippen LogP contribution in [0.1, 0.15) is 19.8 Å². The Bertz CT molecular complexity index is 424. The molecular weight excluding hydrogens is 246 g/mol. The first kappa shape index (κ1) is 13.9. The van der Waals surface area contributed by atoms with Crippen LogP contribution < -0.4 is 0 Å². The van der Waals surface area contributed by atoms with Crippen molar-refractivity contribution in [2.75, 3.05) is 20.3 Å². The van der Waals surface area contributed by atoms with Gasteiger partial charge in [0.25, 0.3) is 6.04 Å². The molecule has 19 heavy (non-hydrogen) atoms. The maximum atomic E-state index is 11.5. The predicted molar refractivity (Wildman–Crippen MR) is 73.7 cm³/mol. The number of nitrogens with zero attached hydrogens (tertiary/aromatic N) is 3. The highest BCUT2D eigenvalue weighted by molar-refractivity contribution is 5.91. The fourth-order valence-electron chi connectivity index (χ4n) is 2.68. The van der Waals surface area contributed by atoms with Crippen LogP contribution >= 0.6 is 0 Å². The number of hydrogen-bond acceptors (Lipinski definition) is 5. The second-order valence-electron chi connectivity index (χ2n) is 5.20. The third-order valence-electron chi connectivity index (χ3n) is 3.76. The first-order valence-corrected chi connectivity index (χ1v) is 6.46. The lowest BCUT2D eigenvalue weighted by Gasteiger charge is -2.25. The lowest BCUT2D eigenvalue weighted by atomic mass is 9.86. The van der Waals surface area contributed by atoms with Gasteiger partial charge in [0.2, 0.25) is 0 Å². The molecule has 3 atom stereocenters. The van der Waals surface area contributed by atoms with Gasteiger partial charge in [0.15, 0.2) is 0 Å². The SMILES string of the molecule is CN=C(CC1CCOC1)C([N+](=O)[O-])C1(C)C=CC=N1. The molecule has 3 unspecified atom stereocenters. The van der Waals surface area contributed by atoms with Crippen molar-refractivity contribution in [3.63, 3.8) is 0 Å². The fraction of sp³-hybridized carbons (Fsp3) is 0.692. The molecule has 2 rings (SSSR count). The summed E-state index contributed by atoms with van der Waals surface area (Å²) >= 11 is 0. The average molecular weight is 265 g/mol. The number of rotatable bonds is 5. The monoisotopic (exact) mass is 265 g/mol. The lowest BCUT2D eigenvalue weighted by molar-refractivity contribution is -0.510. The molecule has 2 aliphatic rings. The summed E-state index contributed by atoms with van der Waals surface area (Å²) in [7, 11) is 1.62. The van der Waals surface area contributed by atoms with Gasteiger partial charge in [0.1, 0.15) is 5.54 Å². The van der Waals surface area contributed by atoms with Crippen LogP contribution in [0.25, 0.3) is 0 Å². The van der Waals surface area contributed by atoms with Gasteiger partial charge in [-0.1, -0.05) is 0 Å². The lowest BCUT2D eigenvalue weighted by Crippen LogP contribution is -2.47. The smallest absolute Gasteiger partial charge is 0.278 e. The molecule has 0 N–H and O–H groups in total. The summed E-state index contributed by atoms with van der Waals surface area (Å²) in [6, 6.07) is -0.895. The maximum Gasteiger partial charge on any atom is 0.278 e. The fourth-order valence-corrected chi connectivity index (χ4v) is 2.68. The Morgan fingerprint density at radius 3 is 3.00 bits per heavy atom. The molecule has 104 valence electrons. The van der Waals surface area contributed by atoms with Gasteiger partial charge in [-0.2, -0.15) is 0 Å². The van der Waals surface area contributed by atoms with Crippen molar-refractivity contribution in [3.05, 3.63) is 22.3 Å². The van der Waals surface area contributed by atoms with Crippen molar-refractivity contribution >= 4 is 11.9 Å². The van der Waals surface area contributed by atoms with Gasteiger partial charge in [0.05, 0.1) is 5.71 Å². The van der Waals surface area contributed by atoms with Crippen molar-refractivity contribution in [3.8, 4) is 0 Å². The van der Waals surface area contributed by atoms with Crippen molar-refractivity contribution < 1.29 is 9.66 Å². The topological polar surface area (TPSA) is 77.1 Å². The van der Waals surface area contributed by atoms with E-state index in [0.717, 1.165) is 13.0 Å².